The Kier molecular flexibility index (Phi) is 5.04. The van der Waals surface area contributed by atoms with Gasteiger partial charge in [-0.2, -0.15) is 10.2 Å². The first-order valence-corrected chi connectivity index (χ1v) is 10.0. The fourth-order valence-corrected chi connectivity index (χ4v) is 3.59. The Bertz CT molecular complexity index is 1280. The summed E-state index contributed by atoms with van der Waals surface area (Å²) in [7, 11) is 0. The number of H-pyrrole nitrogens is 2. The summed E-state index contributed by atoms with van der Waals surface area (Å²) in [5.74, 6) is -0.167. The predicted octanol–water partition coefficient (Wildman–Crippen LogP) is 3.41. The van der Waals surface area contributed by atoms with Crippen LogP contribution < -0.4 is 10.6 Å². The number of benzene rings is 2. The molecule has 2 aromatic carbocycles. The van der Waals surface area contributed by atoms with E-state index in [4.69, 9.17) is 0 Å². The van der Waals surface area contributed by atoms with E-state index >= 15 is 0 Å². The lowest BCUT2D eigenvalue weighted by Gasteiger charge is -2.08. The van der Waals surface area contributed by atoms with E-state index in [2.05, 4.69) is 36.0 Å². The van der Waals surface area contributed by atoms with E-state index < -0.39 is 5.92 Å². The number of carbonyl (C=O) groups is 2. The van der Waals surface area contributed by atoms with Crippen molar-refractivity contribution in [3.05, 3.63) is 89.4 Å². The maximum Gasteiger partial charge on any atom is 0.258 e. The van der Waals surface area contributed by atoms with E-state index in [0.717, 1.165) is 22.4 Å². The lowest BCUT2D eigenvalue weighted by Crippen LogP contribution is -2.12. The molecule has 0 saturated carbocycles. The smallest absolute Gasteiger partial charge is 0.258 e. The molecule has 0 bridgehead atoms. The normalized spacial score (nSPS) is 15.0. The van der Waals surface area contributed by atoms with Gasteiger partial charge in [-0.05, 0) is 41.3 Å². The van der Waals surface area contributed by atoms with Gasteiger partial charge >= 0.3 is 0 Å². The summed E-state index contributed by atoms with van der Waals surface area (Å²) in [5.41, 5.74) is 5.05. The van der Waals surface area contributed by atoms with Crippen LogP contribution in [0.5, 0.6) is 0 Å². The van der Waals surface area contributed by atoms with Crippen molar-refractivity contribution in [2.45, 2.75) is 12.3 Å². The summed E-state index contributed by atoms with van der Waals surface area (Å²) in [6, 6.07) is 15.4. The number of nitrogens with one attached hydrogen (secondary N) is 4. The number of hydrogen-bond donors (Lipinski definition) is 4. The van der Waals surface area contributed by atoms with Crippen molar-refractivity contribution in [3.63, 3.8) is 0 Å². The molecule has 9 nitrogen and oxygen atoms in total. The lowest BCUT2D eigenvalue weighted by atomic mass is 9.96. The van der Waals surface area contributed by atoms with Gasteiger partial charge in [0.2, 0.25) is 5.91 Å². The molecule has 0 radical (unpaired) electrons. The Hall–Kier alpha value is -4.53. The van der Waals surface area contributed by atoms with E-state index in [1.54, 1.807) is 24.7 Å². The predicted molar refractivity (Wildman–Crippen MR) is 120 cm³/mol. The van der Waals surface area contributed by atoms with Crippen molar-refractivity contribution in [3.8, 4) is 0 Å². The molecule has 32 heavy (non-hydrogen) atoms. The molecule has 0 fully saturated rings. The standard InChI is InChI=1S/C23H19N7O2/c31-22(16-11-26-27-12-16)28-17-4-1-14(2-5-17)9-15-3-6-20-18(10-15)19(23(32)29-20)13-24-21-7-8-25-30-21/h1-8,10-13,19H,9H2,(H,25,30)(H,26,27)(H,28,31)(H,29,32). The van der Waals surface area contributed by atoms with E-state index in [0.29, 0.717) is 23.5 Å². The summed E-state index contributed by atoms with van der Waals surface area (Å²) in [4.78, 5) is 28.8. The minimum Gasteiger partial charge on any atom is -0.325 e. The van der Waals surface area contributed by atoms with Crippen molar-refractivity contribution in [1.82, 2.24) is 20.4 Å². The van der Waals surface area contributed by atoms with Crippen LogP contribution in [0.3, 0.4) is 0 Å². The summed E-state index contributed by atoms with van der Waals surface area (Å²) in [6.07, 6.45) is 6.97. The molecule has 4 aromatic rings. The van der Waals surface area contributed by atoms with Crippen LogP contribution in [0.1, 0.15) is 33.0 Å². The second-order valence-electron chi connectivity index (χ2n) is 7.42. The van der Waals surface area contributed by atoms with Crippen molar-refractivity contribution < 1.29 is 9.59 Å². The maximum absolute atomic E-state index is 12.4. The van der Waals surface area contributed by atoms with E-state index in [9.17, 15) is 9.59 Å². The molecule has 1 unspecified atom stereocenters. The first-order chi connectivity index (χ1) is 15.7. The summed E-state index contributed by atoms with van der Waals surface area (Å²) in [5, 5.41) is 18.8. The SMILES string of the molecule is O=C(Nc1ccc(Cc2ccc3c(c2)C(C=Nc2ccn[nH]2)C(=O)N3)cc1)c1cn[nH]c1. The largest absolute Gasteiger partial charge is 0.325 e. The average molecular weight is 425 g/mol. The Labute approximate surface area is 183 Å². The summed E-state index contributed by atoms with van der Waals surface area (Å²) in [6.45, 7) is 0. The number of carbonyl (C=O) groups excluding carboxylic acids is 2. The minimum atomic E-state index is -0.450. The third kappa shape index (κ3) is 4.04. The average Bonchev–Trinajstić information content (AvgIpc) is 3.55. The molecule has 9 heteroatoms. The van der Waals surface area contributed by atoms with Crippen molar-refractivity contribution >= 4 is 35.2 Å². The number of hydrogen-bond acceptors (Lipinski definition) is 5. The fourth-order valence-electron chi connectivity index (χ4n) is 3.59. The van der Waals surface area contributed by atoms with E-state index in [1.807, 2.05) is 42.5 Å². The highest BCUT2D eigenvalue weighted by Crippen LogP contribution is 2.33. The van der Waals surface area contributed by atoms with Gasteiger partial charge in [0.1, 0.15) is 11.7 Å². The fraction of sp³-hybridized carbons (Fsp3) is 0.0870. The first-order valence-electron chi connectivity index (χ1n) is 10.0. The van der Waals surface area contributed by atoms with Crippen LogP contribution in [0.2, 0.25) is 0 Å². The summed E-state index contributed by atoms with van der Waals surface area (Å²) < 4.78 is 0. The molecule has 158 valence electrons. The highest BCUT2D eigenvalue weighted by Gasteiger charge is 2.29. The zero-order valence-corrected chi connectivity index (χ0v) is 16.9. The number of aliphatic imine (C=N–C) groups is 1. The molecule has 0 saturated heterocycles. The van der Waals surface area contributed by atoms with Crippen molar-refractivity contribution in [2.75, 3.05) is 10.6 Å². The van der Waals surface area contributed by atoms with Gasteiger partial charge in [-0.25, -0.2) is 4.99 Å². The maximum atomic E-state index is 12.4. The molecule has 0 aliphatic carbocycles. The summed E-state index contributed by atoms with van der Waals surface area (Å²) >= 11 is 0. The third-order valence-electron chi connectivity index (χ3n) is 5.22. The van der Waals surface area contributed by atoms with Crippen LogP contribution in [0.4, 0.5) is 17.2 Å². The van der Waals surface area contributed by atoms with Crippen molar-refractivity contribution in [2.24, 2.45) is 4.99 Å². The van der Waals surface area contributed by atoms with Gasteiger partial charge in [-0.1, -0.05) is 24.3 Å². The van der Waals surface area contributed by atoms with Gasteiger partial charge in [0.25, 0.3) is 5.91 Å². The quantitative estimate of drug-likeness (QED) is 0.353. The first kappa shape index (κ1) is 19.4. The highest BCUT2D eigenvalue weighted by molar-refractivity contribution is 6.12. The van der Waals surface area contributed by atoms with Gasteiger partial charge in [0.05, 0.1) is 18.0 Å². The van der Waals surface area contributed by atoms with Gasteiger partial charge in [0, 0.05) is 29.9 Å². The molecule has 1 aliphatic heterocycles. The molecular weight excluding hydrogens is 406 g/mol. The minimum absolute atomic E-state index is 0.0990. The molecule has 4 N–H and O–H groups in total. The van der Waals surface area contributed by atoms with Crippen LogP contribution in [0, 0.1) is 0 Å². The zero-order valence-electron chi connectivity index (χ0n) is 16.9. The number of aromatic amines is 2. The second-order valence-corrected chi connectivity index (χ2v) is 7.42. The highest BCUT2D eigenvalue weighted by atomic mass is 16.2. The molecule has 5 rings (SSSR count). The molecule has 0 spiro atoms. The Balaban J connectivity index is 1.29. The van der Waals surface area contributed by atoms with Crippen molar-refractivity contribution in [1.29, 1.82) is 0 Å². The Morgan fingerprint density at radius 3 is 2.69 bits per heavy atom. The van der Waals surface area contributed by atoms with Crippen LogP contribution in [-0.4, -0.2) is 38.4 Å². The lowest BCUT2D eigenvalue weighted by molar-refractivity contribution is -0.115. The monoisotopic (exact) mass is 425 g/mol. The molecular formula is C23H19N7O2. The number of nitrogens with zero attached hydrogens (tertiary/aromatic N) is 3. The molecule has 1 aliphatic rings. The molecule has 3 heterocycles. The number of anilines is 2. The molecule has 1 atom stereocenters. The van der Waals surface area contributed by atoms with Gasteiger partial charge < -0.3 is 10.6 Å². The van der Waals surface area contributed by atoms with Gasteiger partial charge in [-0.3, -0.25) is 19.8 Å². The number of rotatable bonds is 6. The Morgan fingerprint density at radius 1 is 1.09 bits per heavy atom. The second kappa shape index (κ2) is 8.31. The number of amides is 2. The van der Waals surface area contributed by atoms with E-state index in [1.165, 1.54) is 6.20 Å². The number of fused-ring (bicyclic) bond motifs is 1. The van der Waals surface area contributed by atoms with Gasteiger partial charge in [-0.15, -0.1) is 0 Å². The molecule has 2 amide bonds. The van der Waals surface area contributed by atoms with E-state index in [-0.39, 0.29) is 11.8 Å². The number of aromatic nitrogens is 4. The zero-order chi connectivity index (χ0) is 21.9. The third-order valence-corrected chi connectivity index (χ3v) is 5.22. The topological polar surface area (TPSA) is 128 Å². The van der Waals surface area contributed by atoms with Crippen LogP contribution in [0.15, 0.2) is 72.1 Å². The van der Waals surface area contributed by atoms with Crippen LogP contribution in [0.25, 0.3) is 0 Å². The van der Waals surface area contributed by atoms with Crippen LogP contribution >= 0.6 is 0 Å². The van der Waals surface area contributed by atoms with Gasteiger partial charge in [0.15, 0.2) is 0 Å². The Morgan fingerprint density at radius 2 is 1.94 bits per heavy atom. The molecule has 2 aromatic heterocycles. The van der Waals surface area contributed by atoms with Crippen LogP contribution in [-0.2, 0) is 11.2 Å².